The molecule has 2 aliphatic heterocycles. The smallest absolute Gasteiger partial charge is 0.128 e. The van der Waals surface area contributed by atoms with E-state index in [9.17, 15) is 4.39 Å². The first-order valence-corrected chi connectivity index (χ1v) is 8.43. The average Bonchev–Trinajstić information content (AvgIpc) is 2.93. The van der Waals surface area contributed by atoms with Crippen LogP contribution < -0.4 is 0 Å². The van der Waals surface area contributed by atoms with Crippen LogP contribution in [0.2, 0.25) is 0 Å². The van der Waals surface area contributed by atoms with Gasteiger partial charge >= 0.3 is 0 Å². The summed E-state index contributed by atoms with van der Waals surface area (Å²) >= 11 is 0. The molecule has 0 bridgehead atoms. The van der Waals surface area contributed by atoms with Gasteiger partial charge in [-0.2, -0.15) is 0 Å². The third-order valence-corrected chi connectivity index (χ3v) is 4.75. The number of piperidine rings is 1. The number of rotatable bonds is 5. The zero-order valence-corrected chi connectivity index (χ0v) is 13.3. The number of hydrogen-bond acceptors (Lipinski definition) is 3. The largest absolute Gasteiger partial charge is 0.374 e. The van der Waals surface area contributed by atoms with Gasteiger partial charge in [0.2, 0.25) is 0 Å². The van der Waals surface area contributed by atoms with Crippen LogP contribution in [0.15, 0.2) is 24.3 Å². The molecule has 2 atom stereocenters. The molecule has 2 aliphatic rings. The van der Waals surface area contributed by atoms with Gasteiger partial charge in [0.25, 0.3) is 0 Å². The van der Waals surface area contributed by atoms with E-state index in [1.807, 2.05) is 6.07 Å². The molecule has 1 aromatic carbocycles. The Bertz CT molecular complexity index is 474. The van der Waals surface area contributed by atoms with Crippen molar-refractivity contribution >= 4 is 0 Å². The Hall–Kier alpha value is -0.970. The maximum Gasteiger partial charge on any atom is 0.128 e. The van der Waals surface area contributed by atoms with Crippen molar-refractivity contribution in [3.8, 4) is 0 Å². The summed E-state index contributed by atoms with van der Waals surface area (Å²) < 4.78 is 25.3. The Morgan fingerprint density at radius 1 is 1.18 bits per heavy atom. The van der Waals surface area contributed by atoms with Crippen LogP contribution in [0.4, 0.5) is 4.39 Å². The summed E-state index contributed by atoms with van der Waals surface area (Å²) in [6.07, 6.45) is 5.50. The predicted octanol–water partition coefficient (Wildman–Crippen LogP) is 3.37. The number of ether oxygens (including phenoxy) is 2. The van der Waals surface area contributed by atoms with Crippen LogP contribution in [0.1, 0.15) is 38.2 Å². The van der Waals surface area contributed by atoms with Crippen molar-refractivity contribution in [1.29, 1.82) is 0 Å². The van der Waals surface area contributed by atoms with Crippen LogP contribution in [0, 0.1) is 5.82 Å². The van der Waals surface area contributed by atoms with Gasteiger partial charge in [0, 0.05) is 25.2 Å². The van der Waals surface area contributed by atoms with Crippen molar-refractivity contribution < 1.29 is 13.9 Å². The lowest BCUT2D eigenvalue weighted by atomic mass is 10.1. The van der Waals surface area contributed by atoms with E-state index in [2.05, 4.69) is 11.8 Å². The van der Waals surface area contributed by atoms with Crippen LogP contribution in [-0.2, 0) is 16.1 Å². The van der Waals surface area contributed by atoms with E-state index in [1.165, 1.54) is 18.9 Å². The molecule has 3 nitrogen and oxygen atoms in total. The third-order valence-electron chi connectivity index (χ3n) is 4.75. The predicted molar refractivity (Wildman–Crippen MR) is 84.2 cm³/mol. The highest BCUT2D eigenvalue weighted by Crippen LogP contribution is 2.22. The molecule has 0 aromatic heterocycles. The van der Waals surface area contributed by atoms with E-state index in [1.54, 1.807) is 12.1 Å². The van der Waals surface area contributed by atoms with Crippen molar-refractivity contribution in [3.05, 3.63) is 35.6 Å². The Morgan fingerprint density at radius 2 is 1.95 bits per heavy atom. The summed E-state index contributed by atoms with van der Waals surface area (Å²) in [4.78, 5) is 2.48. The van der Waals surface area contributed by atoms with E-state index < -0.39 is 0 Å². The molecule has 2 fully saturated rings. The Labute approximate surface area is 132 Å². The van der Waals surface area contributed by atoms with Gasteiger partial charge in [-0.25, -0.2) is 4.39 Å². The first kappa shape index (κ1) is 15.9. The molecule has 0 saturated carbocycles. The molecule has 0 radical (unpaired) electrons. The van der Waals surface area contributed by atoms with Gasteiger partial charge in [-0.1, -0.05) is 18.2 Å². The summed E-state index contributed by atoms with van der Waals surface area (Å²) in [5.41, 5.74) is 0.651. The first-order valence-electron chi connectivity index (χ1n) is 8.43. The summed E-state index contributed by atoms with van der Waals surface area (Å²) in [6.45, 7) is 5.68. The van der Waals surface area contributed by atoms with Crippen molar-refractivity contribution in [1.82, 2.24) is 4.90 Å². The second kappa shape index (κ2) is 7.53. The standard InChI is InChI=1S/C18H26FNO2/c1-14-6-7-17(22-14)12-20-10-8-16(9-11-20)21-13-15-4-2-3-5-18(15)19/h2-5,14,16-17H,6-13H2,1H3/t14-,17-/m0/s1. The van der Waals surface area contributed by atoms with Crippen LogP contribution in [0.25, 0.3) is 0 Å². The molecule has 0 amide bonds. The van der Waals surface area contributed by atoms with Crippen molar-refractivity contribution in [2.75, 3.05) is 19.6 Å². The van der Waals surface area contributed by atoms with Gasteiger partial charge in [-0.15, -0.1) is 0 Å². The molecule has 2 saturated heterocycles. The average molecular weight is 307 g/mol. The third kappa shape index (κ3) is 4.28. The minimum Gasteiger partial charge on any atom is -0.374 e. The van der Waals surface area contributed by atoms with Gasteiger partial charge < -0.3 is 14.4 Å². The van der Waals surface area contributed by atoms with Crippen LogP contribution >= 0.6 is 0 Å². The van der Waals surface area contributed by atoms with E-state index >= 15 is 0 Å². The topological polar surface area (TPSA) is 21.7 Å². The molecule has 3 rings (SSSR count). The SMILES string of the molecule is C[C@H]1CC[C@@H](CN2CCC(OCc3ccccc3F)CC2)O1. The second-order valence-corrected chi connectivity index (χ2v) is 6.55. The Balaban J connectivity index is 1.38. The molecule has 0 unspecified atom stereocenters. The summed E-state index contributed by atoms with van der Waals surface area (Å²) in [5, 5.41) is 0. The maximum atomic E-state index is 13.6. The molecule has 2 heterocycles. The Morgan fingerprint density at radius 3 is 2.64 bits per heavy atom. The highest BCUT2D eigenvalue weighted by molar-refractivity contribution is 5.16. The molecule has 22 heavy (non-hydrogen) atoms. The number of hydrogen-bond donors (Lipinski definition) is 0. The van der Waals surface area contributed by atoms with Gasteiger partial charge in [0.1, 0.15) is 5.82 Å². The molecule has 4 heteroatoms. The molecule has 0 aliphatic carbocycles. The van der Waals surface area contributed by atoms with E-state index in [0.29, 0.717) is 24.4 Å². The normalized spacial score (nSPS) is 27.4. The molecule has 0 spiro atoms. The van der Waals surface area contributed by atoms with Gasteiger partial charge in [0.15, 0.2) is 0 Å². The van der Waals surface area contributed by atoms with Crippen LogP contribution in [0.5, 0.6) is 0 Å². The lowest BCUT2D eigenvalue weighted by molar-refractivity contribution is -0.0201. The fourth-order valence-corrected chi connectivity index (χ4v) is 3.39. The lowest BCUT2D eigenvalue weighted by Crippen LogP contribution is -2.41. The zero-order chi connectivity index (χ0) is 15.4. The monoisotopic (exact) mass is 307 g/mol. The number of benzene rings is 1. The molecule has 0 N–H and O–H groups in total. The molecule has 122 valence electrons. The number of halogens is 1. The molecular formula is C18H26FNO2. The fraction of sp³-hybridized carbons (Fsp3) is 0.667. The van der Waals surface area contributed by atoms with Crippen molar-refractivity contribution in [2.24, 2.45) is 0 Å². The number of nitrogens with zero attached hydrogens (tertiary/aromatic N) is 1. The fourth-order valence-electron chi connectivity index (χ4n) is 3.39. The number of likely N-dealkylation sites (tertiary alicyclic amines) is 1. The van der Waals surface area contributed by atoms with Gasteiger partial charge in [-0.3, -0.25) is 0 Å². The van der Waals surface area contributed by atoms with Gasteiger partial charge in [0.05, 0.1) is 24.9 Å². The highest BCUT2D eigenvalue weighted by Gasteiger charge is 2.26. The van der Waals surface area contributed by atoms with Gasteiger partial charge in [-0.05, 0) is 38.7 Å². The summed E-state index contributed by atoms with van der Waals surface area (Å²) in [7, 11) is 0. The zero-order valence-electron chi connectivity index (χ0n) is 13.3. The van der Waals surface area contributed by atoms with Crippen molar-refractivity contribution in [3.63, 3.8) is 0 Å². The van der Waals surface area contributed by atoms with Crippen molar-refractivity contribution in [2.45, 2.75) is 57.5 Å². The van der Waals surface area contributed by atoms with Crippen LogP contribution in [-0.4, -0.2) is 42.8 Å². The maximum absolute atomic E-state index is 13.6. The molecule has 1 aromatic rings. The first-order chi connectivity index (χ1) is 10.7. The minimum atomic E-state index is -0.174. The van der Waals surface area contributed by atoms with Crippen LogP contribution in [0.3, 0.4) is 0 Å². The highest BCUT2D eigenvalue weighted by atomic mass is 19.1. The Kier molecular flexibility index (Phi) is 5.45. The quantitative estimate of drug-likeness (QED) is 0.832. The van der Waals surface area contributed by atoms with E-state index in [4.69, 9.17) is 9.47 Å². The van der Waals surface area contributed by atoms with E-state index in [0.717, 1.165) is 32.5 Å². The lowest BCUT2D eigenvalue weighted by Gasteiger charge is -2.33. The second-order valence-electron chi connectivity index (χ2n) is 6.55. The minimum absolute atomic E-state index is 0.174. The summed E-state index contributed by atoms with van der Waals surface area (Å²) in [5.74, 6) is -0.174. The summed E-state index contributed by atoms with van der Waals surface area (Å²) in [6, 6.07) is 6.85. The van der Waals surface area contributed by atoms with E-state index in [-0.39, 0.29) is 11.9 Å². The molecular weight excluding hydrogens is 281 g/mol.